The molecule has 0 fully saturated rings. The lowest BCUT2D eigenvalue weighted by Gasteiger charge is -2.07. The zero-order valence-corrected chi connectivity index (χ0v) is 10.9. The van der Waals surface area contributed by atoms with E-state index in [2.05, 4.69) is 5.32 Å². The molecule has 0 saturated heterocycles. The average Bonchev–Trinajstić information content (AvgIpc) is 2.21. The molecule has 1 rings (SSSR count). The Morgan fingerprint density at radius 2 is 1.76 bits per heavy atom. The Morgan fingerprint density at radius 1 is 1.12 bits per heavy atom. The van der Waals surface area contributed by atoms with Gasteiger partial charge in [0.05, 0.1) is 0 Å². The van der Waals surface area contributed by atoms with E-state index in [-0.39, 0.29) is 6.42 Å². The molecule has 0 bridgehead atoms. The van der Waals surface area contributed by atoms with Crippen molar-refractivity contribution in [1.82, 2.24) is 0 Å². The van der Waals surface area contributed by atoms with Crippen LogP contribution in [0.25, 0.3) is 0 Å². The molecule has 0 aliphatic carbocycles. The van der Waals surface area contributed by atoms with Gasteiger partial charge in [-0.2, -0.15) is 0 Å². The first-order valence-electron chi connectivity index (χ1n) is 5.49. The van der Waals surface area contributed by atoms with Gasteiger partial charge in [0, 0.05) is 28.7 Å². The standard InChI is InChI=1S/C12H15Cl2NO2/c13-9-6-10(14)8-11(7-9)15-5-3-1-2-4-12(16)17/h6-8,15H,1-5H2,(H,16,17). The van der Waals surface area contributed by atoms with E-state index in [4.69, 9.17) is 28.3 Å². The van der Waals surface area contributed by atoms with Gasteiger partial charge in [0.25, 0.3) is 0 Å². The monoisotopic (exact) mass is 275 g/mol. The number of unbranched alkanes of at least 4 members (excludes halogenated alkanes) is 2. The molecule has 0 atom stereocenters. The molecule has 0 unspecified atom stereocenters. The van der Waals surface area contributed by atoms with Crippen molar-refractivity contribution >= 4 is 34.9 Å². The molecule has 2 N–H and O–H groups in total. The molecule has 0 radical (unpaired) electrons. The van der Waals surface area contributed by atoms with Crippen molar-refractivity contribution in [3.63, 3.8) is 0 Å². The van der Waals surface area contributed by atoms with E-state index >= 15 is 0 Å². The van der Waals surface area contributed by atoms with E-state index in [0.29, 0.717) is 16.5 Å². The Bertz CT molecular complexity index is 363. The third-order valence-corrected chi connectivity index (χ3v) is 2.70. The highest BCUT2D eigenvalue weighted by atomic mass is 35.5. The van der Waals surface area contributed by atoms with Crippen molar-refractivity contribution in [2.75, 3.05) is 11.9 Å². The second-order valence-electron chi connectivity index (χ2n) is 3.79. The minimum Gasteiger partial charge on any atom is -0.481 e. The fourth-order valence-electron chi connectivity index (χ4n) is 1.47. The fourth-order valence-corrected chi connectivity index (χ4v) is 1.99. The highest BCUT2D eigenvalue weighted by molar-refractivity contribution is 6.35. The Labute approximate surface area is 111 Å². The Morgan fingerprint density at radius 3 is 2.35 bits per heavy atom. The molecule has 0 aromatic heterocycles. The summed E-state index contributed by atoms with van der Waals surface area (Å²) in [5, 5.41) is 12.9. The number of nitrogens with one attached hydrogen (secondary N) is 1. The smallest absolute Gasteiger partial charge is 0.303 e. The van der Waals surface area contributed by atoms with Crippen LogP contribution in [0.5, 0.6) is 0 Å². The number of hydrogen-bond acceptors (Lipinski definition) is 2. The Kier molecular flexibility index (Phi) is 6.16. The van der Waals surface area contributed by atoms with Crippen LogP contribution in [-0.2, 0) is 4.79 Å². The minimum atomic E-state index is -0.736. The van der Waals surface area contributed by atoms with Crippen LogP contribution >= 0.6 is 23.2 Å². The lowest BCUT2D eigenvalue weighted by atomic mass is 10.2. The van der Waals surface area contributed by atoms with Crippen LogP contribution in [0.15, 0.2) is 18.2 Å². The van der Waals surface area contributed by atoms with Gasteiger partial charge >= 0.3 is 5.97 Å². The van der Waals surface area contributed by atoms with Gasteiger partial charge in [0.2, 0.25) is 0 Å². The number of benzene rings is 1. The number of carbonyl (C=O) groups is 1. The van der Waals surface area contributed by atoms with Crippen molar-refractivity contribution in [3.05, 3.63) is 28.2 Å². The van der Waals surface area contributed by atoms with Gasteiger partial charge < -0.3 is 10.4 Å². The summed E-state index contributed by atoms with van der Waals surface area (Å²) in [4.78, 5) is 10.3. The number of aliphatic carboxylic acids is 1. The van der Waals surface area contributed by atoms with E-state index in [1.54, 1.807) is 6.07 Å². The first kappa shape index (κ1) is 14.1. The molecule has 5 heteroatoms. The van der Waals surface area contributed by atoms with Gasteiger partial charge in [-0.05, 0) is 31.0 Å². The number of hydrogen-bond donors (Lipinski definition) is 2. The lowest BCUT2D eigenvalue weighted by Crippen LogP contribution is -2.02. The molecule has 0 saturated carbocycles. The summed E-state index contributed by atoms with van der Waals surface area (Å²) in [5.74, 6) is -0.736. The predicted octanol–water partition coefficient (Wildman–Crippen LogP) is 4.05. The molecule has 17 heavy (non-hydrogen) atoms. The second-order valence-corrected chi connectivity index (χ2v) is 4.66. The van der Waals surface area contributed by atoms with Crippen LogP contribution in [0, 0.1) is 0 Å². The Hall–Kier alpha value is -0.930. The molecular weight excluding hydrogens is 261 g/mol. The maximum Gasteiger partial charge on any atom is 0.303 e. The summed E-state index contributed by atoms with van der Waals surface area (Å²) in [7, 11) is 0. The summed E-state index contributed by atoms with van der Waals surface area (Å²) in [5.41, 5.74) is 0.890. The van der Waals surface area contributed by atoms with Crippen LogP contribution in [0.4, 0.5) is 5.69 Å². The van der Waals surface area contributed by atoms with Crippen LogP contribution in [0.3, 0.4) is 0 Å². The first-order valence-corrected chi connectivity index (χ1v) is 6.25. The molecule has 0 aliphatic heterocycles. The van der Waals surface area contributed by atoms with Crippen molar-refractivity contribution < 1.29 is 9.90 Å². The summed E-state index contributed by atoms with van der Waals surface area (Å²) in [6, 6.07) is 5.30. The summed E-state index contributed by atoms with van der Waals surface area (Å²) in [6.07, 6.45) is 2.78. The maximum absolute atomic E-state index is 10.3. The molecule has 0 amide bonds. The average molecular weight is 276 g/mol. The zero-order valence-electron chi connectivity index (χ0n) is 9.38. The van der Waals surface area contributed by atoms with E-state index < -0.39 is 5.97 Å². The number of carboxylic acid groups (broad SMARTS) is 1. The molecule has 1 aromatic rings. The van der Waals surface area contributed by atoms with Crippen LogP contribution in [0.1, 0.15) is 25.7 Å². The topological polar surface area (TPSA) is 49.3 Å². The highest BCUT2D eigenvalue weighted by Gasteiger charge is 1.98. The van der Waals surface area contributed by atoms with E-state index in [1.807, 2.05) is 12.1 Å². The number of anilines is 1. The van der Waals surface area contributed by atoms with Crippen molar-refractivity contribution in [2.45, 2.75) is 25.7 Å². The van der Waals surface area contributed by atoms with Crippen LogP contribution < -0.4 is 5.32 Å². The van der Waals surface area contributed by atoms with E-state index in [1.165, 1.54) is 0 Å². The van der Waals surface area contributed by atoms with Gasteiger partial charge in [-0.3, -0.25) is 4.79 Å². The van der Waals surface area contributed by atoms with E-state index in [9.17, 15) is 4.79 Å². The molecule has 1 aromatic carbocycles. The fraction of sp³-hybridized carbons (Fsp3) is 0.417. The normalized spacial score (nSPS) is 10.2. The van der Waals surface area contributed by atoms with Gasteiger partial charge in [0.1, 0.15) is 0 Å². The summed E-state index contributed by atoms with van der Waals surface area (Å²) < 4.78 is 0. The van der Waals surface area contributed by atoms with Crippen molar-refractivity contribution in [3.8, 4) is 0 Å². The van der Waals surface area contributed by atoms with Gasteiger partial charge in [-0.25, -0.2) is 0 Å². The van der Waals surface area contributed by atoms with Gasteiger partial charge in [-0.15, -0.1) is 0 Å². The molecule has 0 spiro atoms. The molecular formula is C12H15Cl2NO2. The predicted molar refractivity (Wildman–Crippen MR) is 71.1 cm³/mol. The van der Waals surface area contributed by atoms with Crippen LogP contribution in [-0.4, -0.2) is 17.6 Å². The summed E-state index contributed by atoms with van der Waals surface area (Å²) in [6.45, 7) is 0.788. The van der Waals surface area contributed by atoms with Crippen LogP contribution in [0.2, 0.25) is 10.0 Å². The van der Waals surface area contributed by atoms with E-state index in [0.717, 1.165) is 25.1 Å². The van der Waals surface area contributed by atoms with Crippen molar-refractivity contribution in [2.24, 2.45) is 0 Å². The highest BCUT2D eigenvalue weighted by Crippen LogP contribution is 2.22. The minimum absolute atomic E-state index is 0.239. The molecule has 94 valence electrons. The second kappa shape index (κ2) is 7.41. The molecule has 0 aliphatic rings. The van der Waals surface area contributed by atoms with Gasteiger partial charge in [-0.1, -0.05) is 29.6 Å². The van der Waals surface area contributed by atoms with Crippen molar-refractivity contribution in [1.29, 1.82) is 0 Å². The Balaban J connectivity index is 2.20. The number of rotatable bonds is 7. The largest absolute Gasteiger partial charge is 0.481 e. The van der Waals surface area contributed by atoms with Gasteiger partial charge in [0.15, 0.2) is 0 Å². The number of carboxylic acids is 1. The third kappa shape index (κ3) is 6.39. The maximum atomic E-state index is 10.3. The zero-order chi connectivity index (χ0) is 12.7. The quantitative estimate of drug-likeness (QED) is 0.738. The molecule has 0 heterocycles. The lowest BCUT2D eigenvalue weighted by molar-refractivity contribution is -0.137. The first-order chi connectivity index (χ1) is 8.08. The third-order valence-electron chi connectivity index (χ3n) is 2.26. The molecule has 3 nitrogen and oxygen atoms in total. The SMILES string of the molecule is O=C(O)CCCCCNc1cc(Cl)cc(Cl)c1. The summed E-state index contributed by atoms with van der Waals surface area (Å²) >= 11 is 11.7. The number of halogens is 2.